The Morgan fingerprint density at radius 3 is 2.23 bits per heavy atom. The lowest BCUT2D eigenvalue weighted by molar-refractivity contribution is 1.28. The first kappa shape index (κ1) is 16.1. The van der Waals surface area contributed by atoms with E-state index in [1.165, 1.54) is 11.1 Å². The number of nitrogens with zero attached hydrogens (tertiary/aromatic N) is 1. The summed E-state index contributed by atoms with van der Waals surface area (Å²) in [5, 5.41) is 1.15. The molecule has 4 aromatic rings. The Bertz CT molecular complexity index is 1070. The first-order valence-corrected chi connectivity index (χ1v) is 8.79. The molecule has 0 fully saturated rings. The van der Waals surface area contributed by atoms with Gasteiger partial charge in [-0.2, -0.15) is 0 Å². The molecule has 1 aromatic heterocycles. The van der Waals surface area contributed by atoms with Gasteiger partial charge in [0.05, 0.1) is 11.2 Å². The number of rotatable bonds is 4. The van der Waals surface area contributed by atoms with E-state index in [9.17, 15) is 0 Å². The molecule has 1 nitrogen and oxygen atoms in total. The van der Waals surface area contributed by atoms with Crippen LogP contribution in [-0.2, 0) is 6.42 Å². The van der Waals surface area contributed by atoms with Crippen molar-refractivity contribution in [3.05, 3.63) is 120 Å². The van der Waals surface area contributed by atoms with Gasteiger partial charge in [-0.1, -0.05) is 84.9 Å². The molecule has 0 spiro atoms. The summed E-state index contributed by atoms with van der Waals surface area (Å²) >= 11 is 0. The molecule has 124 valence electrons. The number of hydrogen-bond acceptors (Lipinski definition) is 1. The lowest BCUT2D eigenvalue weighted by Crippen LogP contribution is -1.89. The van der Waals surface area contributed by atoms with Gasteiger partial charge in [0, 0.05) is 23.5 Å². The fourth-order valence-corrected chi connectivity index (χ4v) is 3.00. The summed E-state index contributed by atoms with van der Waals surface area (Å²) in [4.78, 5) is 4.72. The van der Waals surface area contributed by atoms with Crippen LogP contribution in [0.4, 0.5) is 0 Å². The third-order valence-electron chi connectivity index (χ3n) is 4.36. The van der Waals surface area contributed by atoms with Crippen LogP contribution in [0, 0.1) is 0 Å². The van der Waals surface area contributed by atoms with Crippen LogP contribution in [0.15, 0.2) is 103 Å². The normalized spacial score (nSPS) is 10.3. The molecule has 0 aliphatic heterocycles. The highest BCUT2D eigenvalue weighted by Crippen LogP contribution is 2.19. The van der Waals surface area contributed by atoms with Gasteiger partial charge in [-0.05, 0) is 23.3 Å². The average molecular weight is 333 g/mol. The zero-order chi connectivity index (χ0) is 17.6. The summed E-state index contributed by atoms with van der Waals surface area (Å²) < 4.78 is 0. The number of hydrogen-bond donors (Lipinski definition) is 0. The molecule has 26 heavy (non-hydrogen) atoms. The Hall–Kier alpha value is -3.41. The summed E-state index contributed by atoms with van der Waals surface area (Å²) in [6, 6.07) is 33.3. The van der Waals surface area contributed by atoms with Crippen LogP contribution in [0.25, 0.3) is 22.6 Å². The van der Waals surface area contributed by atoms with Gasteiger partial charge in [-0.3, -0.25) is 0 Å². The Balaban J connectivity index is 1.75. The largest absolute Gasteiger partial charge is 0.248 e. The second-order valence-corrected chi connectivity index (χ2v) is 6.22. The van der Waals surface area contributed by atoms with E-state index in [-0.39, 0.29) is 0 Å². The van der Waals surface area contributed by atoms with Gasteiger partial charge in [-0.15, -0.1) is 5.73 Å². The van der Waals surface area contributed by atoms with Gasteiger partial charge in [0.25, 0.3) is 0 Å². The molecule has 1 heterocycles. The molecule has 0 aliphatic rings. The van der Waals surface area contributed by atoms with Gasteiger partial charge in [-0.25, -0.2) is 4.98 Å². The zero-order valence-electron chi connectivity index (χ0n) is 14.5. The minimum Gasteiger partial charge on any atom is -0.248 e. The van der Waals surface area contributed by atoms with Crippen LogP contribution in [0.2, 0.25) is 0 Å². The second-order valence-electron chi connectivity index (χ2n) is 6.22. The Morgan fingerprint density at radius 1 is 0.731 bits per heavy atom. The fourth-order valence-electron chi connectivity index (χ4n) is 3.00. The van der Waals surface area contributed by atoms with Gasteiger partial charge in [0.15, 0.2) is 0 Å². The van der Waals surface area contributed by atoms with Crippen molar-refractivity contribution >= 4 is 22.6 Å². The number of aromatic nitrogens is 1. The van der Waals surface area contributed by atoms with E-state index in [1.807, 2.05) is 42.5 Å². The number of benzene rings is 3. The van der Waals surface area contributed by atoms with Crippen LogP contribution in [0.5, 0.6) is 0 Å². The smallest absolute Gasteiger partial charge is 0.0714 e. The molecule has 0 aliphatic carbocycles. The highest BCUT2D eigenvalue weighted by Gasteiger charge is 2.02. The van der Waals surface area contributed by atoms with Gasteiger partial charge < -0.3 is 0 Å². The second kappa shape index (κ2) is 7.65. The number of fused-ring (bicyclic) bond motifs is 1. The molecule has 0 saturated heterocycles. The summed E-state index contributed by atoms with van der Waals surface area (Å²) in [6.45, 7) is 0. The van der Waals surface area contributed by atoms with Crippen LogP contribution >= 0.6 is 0 Å². The molecular formula is C25H19N. The van der Waals surface area contributed by atoms with Gasteiger partial charge >= 0.3 is 0 Å². The van der Waals surface area contributed by atoms with E-state index in [0.29, 0.717) is 0 Å². The maximum absolute atomic E-state index is 4.72. The third kappa shape index (κ3) is 3.80. The summed E-state index contributed by atoms with van der Waals surface area (Å²) in [5.41, 5.74) is 9.05. The molecule has 0 N–H and O–H groups in total. The molecule has 0 saturated carbocycles. The summed E-state index contributed by atoms with van der Waals surface area (Å²) in [7, 11) is 0. The number of allylic oxidation sites excluding steroid dienone is 1. The molecule has 0 radical (unpaired) electrons. The maximum Gasteiger partial charge on any atom is 0.0714 e. The van der Waals surface area contributed by atoms with E-state index < -0.39 is 0 Å². The number of para-hydroxylation sites is 1. The molecule has 0 atom stereocenters. The van der Waals surface area contributed by atoms with Crippen LogP contribution in [0.1, 0.15) is 16.8 Å². The highest BCUT2D eigenvalue weighted by molar-refractivity contribution is 5.80. The van der Waals surface area contributed by atoms with Crippen molar-refractivity contribution in [1.29, 1.82) is 0 Å². The Labute approximate surface area is 154 Å². The van der Waals surface area contributed by atoms with Crippen molar-refractivity contribution in [3.63, 3.8) is 0 Å². The van der Waals surface area contributed by atoms with Crippen molar-refractivity contribution in [2.24, 2.45) is 0 Å². The zero-order valence-corrected chi connectivity index (χ0v) is 14.5. The average Bonchev–Trinajstić information content (AvgIpc) is 2.72. The lowest BCUT2D eigenvalue weighted by Gasteiger charge is -2.05. The molecule has 4 rings (SSSR count). The van der Waals surface area contributed by atoms with E-state index in [1.54, 1.807) is 0 Å². The molecule has 3 aromatic carbocycles. The van der Waals surface area contributed by atoms with E-state index in [4.69, 9.17) is 4.98 Å². The summed E-state index contributed by atoms with van der Waals surface area (Å²) in [6.07, 6.45) is 2.83. The fraction of sp³-hybridized carbons (Fsp3) is 0.0400. The van der Waals surface area contributed by atoms with Crippen LogP contribution in [0.3, 0.4) is 0 Å². The molecule has 0 bridgehead atoms. The molecule has 0 unspecified atom stereocenters. The monoisotopic (exact) mass is 333 g/mol. The lowest BCUT2D eigenvalue weighted by atomic mass is 9.99. The van der Waals surface area contributed by atoms with Crippen molar-refractivity contribution in [3.8, 4) is 0 Å². The maximum atomic E-state index is 4.72. The predicted molar refractivity (Wildman–Crippen MR) is 110 cm³/mol. The van der Waals surface area contributed by atoms with Crippen molar-refractivity contribution in [2.75, 3.05) is 0 Å². The van der Waals surface area contributed by atoms with E-state index in [2.05, 4.69) is 66.4 Å². The van der Waals surface area contributed by atoms with Crippen molar-refractivity contribution < 1.29 is 0 Å². The highest BCUT2D eigenvalue weighted by atomic mass is 14.7. The van der Waals surface area contributed by atoms with Gasteiger partial charge in [0.1, 0.15) is 0 Å². The standard InChI is InChI=1S/C25H19N/c1-3-9-20(10-4-1)19-23(21-11-5-2-6-12-21)16-18-24-17-15-22-13-7-8-14-25(22)26-24/h1-15,17-18H,19H2. The third-order valence-corrected chi connectivity index (χ3v) is 4.36. The predicted octanol–water partition coefficient (Wildman–Crippen LogP) is 6.17. The first-order chi connectivity index (χ1) is 12.9. The SMILES string of the molecule is C(=Cc1ccc2ccccc2n1)=C(Cc1ccccc1)c1ccccc1. The number of pyridine rings is 1. The van der Waals surface area contributed by atoms with Crippen molar-refractivity contribution in [2.45, 2.75) is 6.42 Å². The minimum atomic E-state index is 0.842. The van der Waals surface area contributed by atoms with E-state index >= 15 is 0 Å². The Kier molecular flexibility index (Phi) is 4.73. The molecule has 1 heteroatoms. The van der Waals surface area contributed by atoms with Gasteiger partial charge in [0.2, 0.25) is 0 Å². The summed E-state index contributed by atoms with van der Waals surface area (Å²) in [5.74, 6) is 0. The minimum absolute atomic E-state index is 0.842. The topological polar surface area (TPSA) is 12.9 Å². The van der Waals surface area contributed by atoms with Crippen LogP contribution < -0.4 is 0 Å². The first-order valence-electron chi connectivity index (χ1n) is 8.79. The van der Waals surface area contributed by atoms with Crippen LogP contribution in [-0.4, -0.2) is 4.98 Å². The molecular weight excluding hydrogens is 314 g/mol. The van der Waals surface area contributed by atoms with Crippen molar-refractivity contribution in [1.82, 2.24) is 4.98 Å². The quantitative estimate of drug-likeness (QED) is 0.407. The Morgan fingerprint density at radius 2 is 1.42 bits per heavy atom. The van der Waals surface area contributed by atoms with E-state index in [0.717, 1.165) is 28.6 Å². The molecule has 0 amide bonds.